The van der Waals surface area contributed by atoms with Gasteiger partial charge in [-0.25, -0.2) is 4.98 Å². The summed E-state index contributed by atoms with van der Waals surface area (Å²) < 4.78 is 0. The zero-order chi connectivity index (χ0) is 13.9. The minimum absolute atomic E-state index is 0.0841. The Kier molecular flexibility index (Phi) is 3.54. The molecule has 0 saturated heterocycles. The average Bonchev–Trinajstić information content (AvgIpc) is 2.44. The van der Waals surface area contributed by atoms with Crippen LogP contribution in [-0.4, -0.2) is 24.5 Å². The Morgan fingerprint density at radius 1 is 1.35 bits per heavy atom. The lowest BCUT2D eigenvalue weighted by molar-refractivity contribution is 0.0934. The van der Waals surface area contributed by atoms with Gasteiger partial charge < -0.3 is 10.6 Å². The van der Waals surface area contributed by atoms with Crippen molar-refractivity contribution in [3.05, 3.63) is 36.0 Å². The van der Waals surface area contributed by atoms with Crippen LogP contribution in [0.1, 0.15) is 29.8 Å². The zero-order valence-corrected chi connectivity index (χ0v) is 11.6. The maximum absolute atomic E-state index is 12.2. The summed E-state index contributed by atoms with van der Waals surface area (Å²) in [6, 6.07) is 9.66. The smallest absolute Gasteiger partial charge is 0.269 e. The van der Waals surface area contributed by atoms with Crippen LogP contribution in [0.3, 0.4) is 0 Å². The molecule has 1 aromatic carbocycles. The second-order valence-electron chi connectivity index (χ2n) is 5.33. The van der Waals surface area contributed by atoms with E-state index in [2.05, 4.69) is 15.6 Å². The lowest BCUT2D eigenvalue weighted by atomic mass is 9.85. The molecule has 0 spiro atoms. The molecule has 20 heavy (non-hydrogen) atoms. The lowest BCUT2D eigenvalue weighted by Gasteiger charge is -2.25. The normalized spacial score (nSPS) is 14.8. The molecule has 1 aromatic heterocycles. The van der Waals surface area contributed by atoms with E-state index in [0.717, 1.165) is 23.1 Å². The highest BCUT2D eigenvalue weighted by molar-refractivity contribution is 5.99. The minimum Gasteiger partial charge on any atom is -0.388 e. The summed E-state index contributed by atoms with van der Waals surface area (Å²) in [6.45, 7) is 0.766. The van der Waals surface area contributed by atoms with Crippen LogP contribution in [0.4, 0.5) is 5.69 Å². The third kappa shape index (κ3) is 2.46. The van der Waals surface area contributed by atoms with E-state index in [1.165, 1.54) is 19.3 Å². The van der Waals surface area contributed by atoms with Crippen LogP contribution in [0.5, 0.6) is 0 Å². The van der Waals surface area contributed by atoms with E-state index in [9.17, 15) is 4.79 Å². The van der Waals surface area contributed by atoms with E-state index in [1.807, 2.05) is 37.4 Å². The molecule has 0 aliphatic heterocycles. The third-order valence-corrected chi connectivity index (χ3v) is 3.99. The van der Waals surface area contributed by atoms with E-state index in [4.69, 9.17) is 0 Å². The second kappa shape index (κ2) is 5.49. The fourth-order valence-electron chi connectivity index (χ4n) is 2.52. The standard InChI is InChI=1S/C16H19N3O/c1-17-14-9-15(16(20)18-10-11-5-4-6-11)19-13-8-3-2-7-12(13)14/h2-3,7-9,11H,4-6,10H2,1H3,(H,17,19)(H,18,20). The van der Waals surface area contributed by atoms with Crippen LogP contribution in [0.25, 0.3) is 10.9 Å². The molecular formula is C16H19N3O. The van der Waals surface area contributed by atoms with Crippen LogP contribution in [0.2, 0.25) is 0 Å². The number of benzene rings is 1. The number of nitrogens with zero attached hydrogens (tertiary/aromatic N) is 1. The predicted octanol–water partition coefficient (Wildman–Crippen LogP) is 2.81. The molecule has 1 aliphatic rings. The molecule has 0 atom stereocenters. The SMILES string of the molecule is CNc1cc(C(=O)NCC2CCC2)nc2ccccc12. The number of aromatic nitrogens is 1. The highest BCUT2D eigenvalue weighted by Crippen LogP contribution is 2.25. The monoisotopic (exact) mass is 269 g/mol. The van der Waals surface area contributed by atoms with Crippen molar-refractivity contribution in [3.63, 3.8) is 0 Å². The van der Waals surface area contributed by atoms with Crippen molar-refractivity contribution in [2.24, 2.45) is 5.92 Å². The van der Waals surface area contributed by atoms with E-state index in [0.29, 0.717) is 11.6 Å². The molecule has 0 bridgehead atoms. The number of carbonyl (C=O) groups excluding carboxylic acids is 1. The molecular weight excluding hydrogens is 250 g/mol. The van der Waals surface area contributed by atoms with Crippen LogP contribution in [-0.2, 0) is 0 Å². The van der Waals surface area contributed by atoms with E-state index in [1.54, 1.807) is 0 Å². The Morgan fingerprint density at radius 2 is 2.15 bits per heavy atom. The van der Waals surface area contributed by atoms with Crippen LogP contribution >= 0.6 is 0 Å². The van der Waals surface area contributed by atoms with Gasteiger partial charge in [-0.2, -0.15) is 0 Å². The molecule has 1 heterocycles. The Morgan fingerprint density at radius 3 is 2.85 bits per heavy atom. The van der Waals surface area contributed by atoms with Crippen molar-refractivity contribution in [2.75, 3.05) is 18.9 Å². The minimum atomic E-state index is -0.0841. The number of anilines is 1. The average molecular weight is 269 g/mol. The number of carbonyl (C=O) groups is 1. The van der Waals surface area contributed by atoms with Gasteiger partial charge in [0.15, 0.2) is 0 Å². The van der Waals surface area contributed by atoms with Crippen molar-refractivity contribution in [3.8, 4) is 0 Å². The van der Waals surface area contributed by atoms with Gasteiger partial charge in [-0.05, 0) is 30.9 Å². The lowest BCUT2D eigenvalue weighted by Crippen LogP contribution is -2.32. The number of amides is 1. The van der Waals surface area contributed by atoms with E-state index < -0.39 is 0 Å². The number of pyridine rings is 1. The second-order valence-corrected chi connectivity index (χ2v) is 5.33. The molecule has 104 valence electrons. The first-order valence-electron chi connectivity index (χ1n) is 7.13. The van der Waals surface area contributed by atoms with Gasteiger partial charge in [0, 0.05) is 24.7 Å². The fraction of sp³-hybridized carbons (Fsp3) is 0.375. The number of hydrogen-bond acceptors (Lipinski definition) is 3. The van der Waals surface area contributed by atoms with Crippen molar-refractivity contribution in [1.29, 1.82) is 0 Å². The van der Waals surface area contributed by atoms with Crippen LogP contribution in [0.15, 0.2) is 30.3 Å². The predicted molar refractivity (Wildman–Crippen MR) is 81.0 cm³/mol. The summed E-state index contributed by atoms with van der Waals surface area (Å²) in [6.07, 6.45) is 3.75. The van der Waals surface area contributed by atoms with E-state index in [-0.39, 0.29) is 5.91 Å². The first-order chi connectivity index (χ1) is 9.78. The number of nitrogens with one attached hydrogen (secondary N) is 2. The van der Waals surface area contributed by atoms with Gasteiger partial charge in [0.25, 0.3) is 5.91 Å². The molecule has 1 aliphatic carbocycles. The Labute approximate surface area is 118 Å². The summed E-state index contributed by atoms with van der Waals surface area (Å²) in [4.78, 5) is 16.7. The summed E-state index contributed by atoms with van der Waals surface area (Å²) in [7, 11) is 1.86. The summed E-state index contributed by atoms with van der Waals surface area (Å²) in [5.74, 6) is 0.572. The summed E-state index contributed by atoms with van der Waals surface area (Å²) in [5.41, 5.74) is 2.25. The highest BCUT2D eigenvalue weighted by Gasteiger charge is 2.19. The maximum atomic E-state index is 12.2. The largest absolute Gasteiger partial charge is 0.388 e. The fourth-order valence-corrected chi connectivity index (χ4v) is 2.52. The Balaban J connectivity index is 1.84. The van der Waals surface area contributed by atoms with Gasteiger partial charge in [-0.3, -0.25) is 4.79 Å². The topological polar surface area (TPSA) is 54.0 Å². The molecule has 0 radical (unpaired) electrons. The van der Waals surface area contributed by atoms with Crippen LogP contribution < -0.4 is 10.6 Å². The highest BCUT2D eigenvalue weighted by atomic mass is 16.1. The number of fused-ring (bicyclic) bond motifs is 1. The van der Waals surface area contributed by atoms with Crippen molar-refractivity contribution < 1.29 is 4.79 Å². The van der Waals surface area contributed by atoms with Gasteiger partial charge >= 0.3 is 0 Å². The third-order valence-electron chi connectivity index (χ3n) is 3.99. The van der Waals surface area contributed by atoms with Crippen molar-refractivity contribution >= 4 is 22.5 Å². The molecule has 1 saturated carbocycles. The van der Waals surface area contributed by atoms with Gasteiger partial charge in [-0.1, -0.05) is 24.6 Å². The first-order valence-corrected chi connectivity index (χ1v) is 7.13. The zero-order valence-electron chi connectivity index (χ0n) is 11.6. The van der Waals surface area contributed by atoms with E-state index >= 15 is 0 Å². The number of rotatable bonds is 4. The quantitative estimate of drug-likeness (QED) is 0.897. The Hall–Kier alpha value is -2.10. The first kappa shape index (κ1) is 12.9. The Bertz CT molecular complexity index is 635. The van der Waals surface area contributed by atoms with Gasteiger partial charge in [0.2, 0.25) is 0 Å². The maximum Gasteiger partial charge on any atom is 0.269 e. The molecule has 2 N–H and O–H groups in total. The van der Waals surface area contributed by atoms with Crippen molar-refractivity contribution in [2.45, 2.75) is 19.3 Å². The number of para-hydroxylation sites is 1. The molecule has 3 rings (SSSR count). The van der Waals surface area contributed by atoms with Crippen LogP contribution in [0, 0.1) is 5.92 Å². The molecule has 0 unspecified atom stereocenters. The summed E-state index contributed by atoms with van der Waals surface area (Å²) in [5, 5.41) is 7.15. The number of hydrogen-bond donors (Lipinski definition) is 2. The molecule has 4 nitrogen and oxygen atoms in total. The van der Waals surface area contributed by atoms with Gasteiger partial charge in [0.1, 0.15) is 5.69 Å². The van der Waals surface area contributed by atoms with Gasteiger partial charge in [-0.15, -0.1) is 0 Å². The van der Waals surface area contributed by atoms with Gasteiger partial charge in [0.05, 0.1) is 5.52 Å². The molecule has 4 heteroatoms. The molecule has 2 aromatic rings. The molecule has 1 fully saturated rings. The summed E-state index contributed by atoms with van der Waals surface area (Å²) >= 11 is 0. The van der Waals surface area contributed by atoms with Crippen molar-refractivity contribution in [1.82, 2.24) is 10.3 Å². The molecule has 1 amide bonds.